The molecule has 4 N–H and O–H groups in total. The second-order valence-corrected chi connectivity index (χ2v) is 7.91. The molecule has 0 aliphatic carbocycles. The highest BCUT2D eigenvalue weighted by Gasteiger charge is 2.18. The third-order valence-corrected chi connectivity index (χ3v) is 5.56. The average molecular weight is 494 g/mol. The van der Waals surface area contributed by atoms with E-state index in [1.54, 1.807) is 23.8 Å². The molecule has 2 aromatic heterocycles. The lowest BCUT2D eigenvalue weighted by Crippen LogP contribution is -3.00. The number of carbonyl (C=O) groups excluding carboxylic acids is 1. The molecule has 9 heteroatoms. The standard InChI is InChI=1S/C26H23N3O5.ClH/c30-13-1-2-17-3-5-18(6-4-17)19-7-9-20(10-8-19)24-14-21(26(33)28-34)22-15-29(16-25(31)32)12-11-23(22)27-24;/h3-12,14-15,30H,1-2,13,16H2,(H2-,27,28,31,32,33,34);1H. The van der Waals surface area contributed by atoms with Gasteiger partial charge in [0.05, 0.1) is 22.2 Å². The van der Waals surface area contributed by atoms with Crippen LogP contribution in [0.2, 0.25) is 0 Å². The van der Waals surface area contributed by atoms with Crippen molar-refractivity contribution in [1.82, 2.24) is 10.5 Å². The van der Waals surface area contributed by atoms with Crippen molar-refractivity contribution in [2.75, 3.05) is 6.61 Å². The van der Waals surface area contributed by atoms with Crippen LogP contribution in [0.4, 0.5) is 0 Å². The molecule has 4 aromatic rings. The fourth-order valence-corrected chi connectivity index (χ4v) is 3.84. The van der Waals surface area contributed by atoms with E-state index in [4.69, 9.17) is 10.2 Å². The first-order valence-corrected chi connectivity index (χ1v) is 10.8. The van der Waals surface area contributed by atoms with Crippen molar-refractivity contribution in [3.8, 4) is 22.4 Å². The number of nitrogens with zero attached hydrogens (tertiary/aromatic N) is 2. The van der Waals surface area contributed by atoms with Gasteiger partial charge in [0, 0.05) is 18.2 Å². The zero-order valence-electron chi connectivity index (χ0n) is 18.7. The number of aliphatic carboxylic acids is 1. The van der Waals surface area contributed by atoms with Crippen LogP contribution in [0.3, 0.4) is 0 Å². The number of amides is 1. The number of hydrogen-bond acceptors (Lipinski definition) is 5. The molecular formula is C26H24ClN3O5. The number of benzene rings is 2. The topological polar surface area (TPSA) is 124 Å². The number of pyridine rings is 2. The van der Waals surface area contributed by atoms with Crippen molar-refractivity contribution in [3.05, 3.63) is 84.2 Å². The minimum atomic E-state index is -1.01. The van der Waals surface area contributed by atoms with E-state index in [9.17, 15) is 14.8 Å². The molecular weight excluding hydrogens is 470 g/mol. The summed E-state index contributed by atoms with van der Waals surface area (Å²) in [5, 5.41) is 27.7. The third-order valence-electron chi connectivity index (χ3n) is 5.56. The van der Waals surface area contributed by atoms with Crippen molar-refractivity contribution in [2.45, 2.75) is 19.4 Å². The summed E-state index contributed by atoms with van der Waals surface area (Å²) in [4.78, 5) is 28.0. The Morgan fingerprint density at radius 3 is 2.17 bits per heavy atom. The van der Waals surface area contributed by atoms with Gasteiger partial charge in [-0.25, -0.2) is 15.3 Å². The van der Waals surface area contributed by atoms with Gasteiger partial charge in [-0.15, -0.1) is 0 Å². The van der Waals surface area contributed by atoms with Gasteiger partial charge in [-0.05, 0) is 35.6 Å². The molecule has 8 nitrogen and oxygen atoms in total. The highest BCUT2D eigenvalue weighted by atomic mass is 35.5. The largest absolute Gasteiger partial charge is 1.00 e. The Kier molecular flexibility index (Phi) is 8.48. The molecule has 2 heterocycles. The van der Waals surface area contributed by atoms with Gasteiger partial charge in [0.15, 0.2) is 12.4 Å². The van der Waals surface area contributed by atoms with Crippen LogP contribution in [-0.2, 0) is 17.8 Å². The number of hydroxylamine groups is 1. The minimum absolute atomic E-state index is 0. The van der Waals surface area contributed by atoms with Gasteiger partial charge in [-0.1, -0.05) is 48.5 Å². The molecule has 0 aliphatic heterocycles. The average Bonchev–Trinajstić information content (AvgIpc) is 2.86. The number of carboxylic acids is 1. The van der Waals surface area contributed by atoms with Gasteiger partial charge < -0.3 is 22.6 Å². The normalized spacial score (nSPS) is 10.6. The van der Waals surface area contributed by atoms with Gasteiger partial charge in [0.2, 0.25) is 6.54 Å². The van der Waals surface area contributed by atoms with E-state index < -0.39 is 11.9 Å². The summed E-state index contributed by atoms with van der Waals surface area (Å²) in [7, 11) is 0. The van der Waals surface area contributed by atoms with Crippen molar-refractivity contribution in [1.29, 1.82) is 0 Å². The van der Waals surface area contributed by atoms with Crippen molar-refractivity contribution < 1.29 is 42.0 Å². The van der Waals surface area contributed by atoms with E-state index in [0.717, 1.165) is 29.5 Å². The monoisotopic (exact) mass is 493 g/mol. The maximum Gasteiger partial charge on any atom is 0.370 e. The quantitative estimate of drug-likeness (QED) is 0.155. The summed E-state index contributed by atoms with van der Waals surface area (Å²) in [6.07, 6.45) is 4.69. The zero-order chi connectivity index (χ0) is 24.1. The Labute approximate surface area is 207 Å². The summed E-state index contributed by atoms with van der Waals surface area (Å²) < 4.78 is 1.43. The van der Waals surface area contributed by atoms with Crippen LogP contribution >= 0.6 is 0 Å². The molecule has 0 fully saturated rings. The summed E-state index contributed by atoms with van der Waals surface area (Å²) in [5.41, 5.74) is 6.95. The summed E-state index contributed by atoms with van der Waals surface area (Å²) in [6.45, 7) is -0.0855. The number of aromatic nitrogens is 2. The van der Waals surface area contributed by atoms with E-state index in [0.29, 0.717) is 16.6 Å². The number of aliphatic hydroxyl groups excluding tert-OH is 1. The van der Waals surface area contributed by atoms with Crippen LogP contribution < -0.4 is 22.5 Å². The number of rotatable bonds is 8. The van der Waals surface area contributed by atoms with Crippen LogP contribution in [0.1, 0.15) is 22.3 Å². The van der Waals surface area contributed by atoms with Crippen LogP contribution in [0.5, 0.6) is 0 Å². The fourth-order valence-electron chi connectivity index (χ4n) is 3.84. The molecule has 0 saturated carbocycles. The predicted octanol–water partition coefficient (Wildman–Crippen LogP) is -0.0112. The van der Waals surface area contributed by atoms with E-state index in [2.05, 4.69) is 17.1 Å². The molecule has 1 amide bonds. The molecule has 0 aliphatic rings. The number of halogens is 1. The Bertz CT molecular complexity index is 1340. The van der Waals surface area contributed by atoms with Crippen LogP contribution in [0.15, 0.2) is 73.1 Å². The molecule has 35 heavy (non-hydrogen) atoms. The first-order chi connectivity index (χ1) is 16.5. The van der Waals surface area contributed by atoms with Crippen molar-refractivity contribution in [3.63, 3.8) is 0 Å². The number of carboxylic acid groups (broad SMARTS) is 1. The second-order valence-electron chi connectivity index (χ2n) is 7.91. The van der Waals surface area contributed by atoms with E-state index in [-0.39, 0.29) is 31.1 Å². The van der Waals surface area contributed by atoms with Crippen molar-refractivity contribution in [2.24, 2.45) is 0 Å². The number of carbonyl (C=O) groups is 2. The van der Waals surface area contributed by atoms with E-state index in [1.807, 2.05) is 36.4 Å². The first-order valence-electron chi connectivity index (χ1n) is 10.8. The number of fused-ring (bicyclic) bond motifs is 1. The molecule has 4 rings (SSSR count). The summed E-state index contributed by atoms with van der Waals surface area (Å²) in [6, 6.07) is 19.2. The molecule has 180 valence electrons. The maximum absolute atomic E-state index is 12.3. The second kappa shape index (κ2) is 11.5. The smallest absolute Gasteiger partial charge is 0.370 e. The van der Waals surface area contributed by atoms with Gasteiger partial charge in [-0.3, -0.25) is 10.0 Å². The van der Waals surface area contributed by atoms with Gasteiger partial charge in [0.1, 0.15) is 0 Å². The van der Waals surface area contributed by atoms with Crippen LogP contribution in [0.25, 0.3) is 33.3 Å². The molecule has 0 atom stereocenters. The highest BCUT2D eigenvalue weighted by Crippen LogP contribution is 2.27. The van der Waals surface area contributed by atoms with E-state index >= 15 is 0 Å². The lowest BCUT2D eigenvalue weighted by atomic mass is 9.99. The Morgan fingerprint density at radius 2 is 1.57 bits per heavy atom. The highest BCUT2D eigenvalue weighted by molar-refractivity contribution is 6.06. The van der Waals surface area contributed by atoms with Crippen LogP contribution in [-0.4, -0.2) is 38.9 Å². The first kappa shape index (κ1) is 25.8. The molecule has 2 aromatic carbocycles. The number of aliphatic hydroxyl groups is 1. The SMILES string of the molecule is O=C(O)C[n+]1ccc2nc(-c3ccc(-c4ccc(CCCO)cc4)cc3)cc(C(=O)NO)c2c1.[Cl-]. The molecule has 0 unspecified atom stereocenters. The van der Waals surface area contributed by atoms with Crippen LogP contribution in [0, 0.1) is 0 Å². The number of aryl methyl sites for hydroxylation is 1. The van der Waals surface area contributed by atoms with Gasteiger partial charge in [0.25, 0.3) is 5.91 Å². The Morgan fingerprint density at radius 1 is 0.943 bits per heavy atom. The molecule has 0 bridgehead atoms. The molecule has 0 spiro atoms. The fraction of sp³-hybridized carbons (Fsp3) is 0.154. The van der Waals surface area contributed by atoms with Crippen molar-refractivity contribution >= 4 is 22.8 Å². The predicted molar refractivity (Wildman–Crippen MR) is 125 cm³/mol. The van der Waals surface area contributed by atoms with Gasteiger partial charge in [-0.2, -0.15) is 4.57 Å². The van der Waals surface area contributed by atoms with E-state index in [1.165, 1.54) is 16.3 Å². The number of hydrogen-bond donors (Lipinski definition) is 4. The minimum Gasteiger partial charge on any atom is -1.00 e. The Hall–Kier alpha value is -3.85. The lowest BCUT2D eigenvalue weighted by molar-refractivity contribution is -0.684. The summed E-state index contributed by atoms with van der Waals surface area (Å²) in [5.74, 6) is -1.72. The third kappa shape index (κ3) is 5.99. The lowest BCUT2D eigenvalue weighted by Gasteiger charge is -2.09. The molecule has 0 radical (unpaired) electrons. The zero-order valence-corrected chi connectivity index (χ0v) is 19.4. The summed E-state index contributed by atoms with van der Waals surface area (Å²) >= 11 is 0. The Balaban J connectivity index is 0.00000342. The van der Waals surface area contributed by atoms with Gasteiger partial charge >= 0.3 is 5.97 Å². The number of nitrogens with one attached hydrogen (secondary N) is 1. The maximum atomic E-state index is 12.3. The molecule has 0 saturated heterocycles.